The molecular weight excluding hydrogens is 372 g/mol. The topological polar surface area (TPSA) is 129 Å². The van der Waals surface area contributed by atoms with Crippen molar-refractivity contribution in [1.29, 1.82) is 0 Å². The van der Waals surface area contributed by atoms with Gasteiger partial charge in [-0.2, -0.15) is 0 Å². The van der Waals surface area contributed by atoms with Crippen LogP contribution in [0.15, 0.2) is 29.2 Å². The molecule has 152 valence electrons. The highest BCUT2D eigenvalue weighted by Crippen LogP contribution is 2.38. The summed E-state index contributed by atoms with van der Waals surface area (Å²) in [6.45, 7) is 2.09. The summed E-state index contributed by atoms with van der Waals surface area (Å²) in [7, 11) is -4.62. The average molecular weight is 400 g/mol. The van der Waals surface area contributed by atoms with E-state index in [1.54, 1.807) is 0 Å². The lowest BCUT2D eigenvalue weighted by atomic mass is 9.96. The molecule has 0 fully saturated rings. The number of unbranched alkanes of at least 4 members (excludes halogenated alkanes) is 6. The molecule has 1 rings (SSSR count). The van der Waals surface area contributed by atoms with Crippen molar-refractivity contribution in [3.63, 3.8) is 0 Å². The Hall–Kier alpha value is -2.09. The van der Waals surface area contributed by atoms with E-state index in [-0.39, 0.29) is 12.8 Å². The summed E-state index contributed by atoms with van der Waals surface area (Å²) in [5.74, 6) is -3.81. The van der Waals surface area contributed by atoms with Gasteiger partial charge in [0.15, 0.2) is 14.6 Å². The number of rotatable bonds is 13. The van der Waals surface area contributed by atoms with E-state index in [2.05, 4.69) is 6.92 Å². The molecule has 0 saturated carbocycles. The lowest BCUT2D eigenvalue weighted by molar-refractivity contribution is -0.146. The SMILES string of the molecule is CCCCCCCCCC(CC(=O)O)(C(=O)O)S(=O)(=O)c1ccccc1O. The number of aromatic hydroxyl groups is 1. The number of carboxylic acids is 2. The molecule has 3 N–H and O–H groups in total. The highest BCUT2D eigenvalue weighted by atomic mass is 32.2. The first-order chi connectivity index (χ1) is 12.7. The highest BCUT2D eigenvalue weighted by Gasteiger charge is 2.53. The zero-order valence-electron chi connectivity index (χ0n) is 15.6. The van der Waals surface area contributed by atoms with Crippen LogP contribution in [-0.2, 0) is 19.4 Å². The lowest BCUT2D eigenvalue weighted by Crippen LogP contribution is -2.48. The molecule has 0 radical (unpaired) electrons. The van der Waals surface area contributed by atoms with Crippen LogP contribution in [0.5, 0.6) is 5.75 Å². The van der Waals surface area contributed by atoms with Gasteiger partial charge in [-0.25, -0.2) is 8.42 Å². The molecular formula is C19H28O7S. The molecule has 0 heterocycles. The molecule has 1 unspecified atom stereocenters. The normalized spacial score (nSPS) is 13.8. The van der Waals surface area contributed by atoms with E-state index < -0.39 is 43.6 Å². The summed E-state index contributed by atoms with van der Waals surface area (Å²) in [4.78, 5) is 22.7. The number of carbonyl (C=O) groups is 2. The van der Waals surface area contributed by atoms with E-state index in [1.807, 2.05) is 0 Å². The molecule has 0 spiro atoms. The molecule has 0 aliphatic rings. The molecule has 8 heteroatoms. The second-order valence-electron chi connectivity index (χ2n) is 6.71. The number of sulfone groups is 1. The first-order valence-corrected chi connectivity index (χ1v) is 10.6. The van der Waals surface area contributed by atoms with E-state index in [1.165, 1.54) is 12.1 Å². The number of aliphatic carboxylic acids is 2. The maximum atomic E-state index is 13.1. The van der Waals surface area contributed by atoms with Crippen LogP contribution >= 0.6 is 0 Å². The summed E-state index contributed by atoms with van der Waals surface area (Å²) >= 11 is 0. The standard InChI is InChI=1S/C19H28O7S/c1-2-3-4-5-6-7-10-13-19(18(23)24,14-17(21)22)27(25,26)16-12-9-8-11-15(16)20/h8-9,11-12,20H,2-7,10,13-14H2,1H3,(H,21,22)(H,23,24). The molecule has 27 heavy (non-hydrogen) atoms. The Morgan fingerprint density at radius 1 is 0.963 bits per heavy atom. The van der Waals surface area contributed by atoms with Gasteiger partial charge >= 0.3 is 11.9 Å². The maximum Gasteiger partial charge on any atom is 0.326 e. The minimum Gasteiger partial charge on any atom is -0.507 e. The number of carboxylic acid groups (broad SMARTS) is 2. The van der Waals surface area contributed by atoms with Gasteiger partial charge in [0.05, 0.1) is 6.42 Å². The fourth-order valence-corrected chi connectivity index (χ4v) is 5.10. The van der Waals surface area contributed by atoms with Gasteiger partial charge in [0.2, 0.25) is 0 Å². The van der Waals surface area contributed by atoms with E-state index >= 15 is 0 Å². The third-order valence-electron chi connectivity index (χ3n) is 4.68. The summed E-state index contributed by atoms with van der Waals surface area (Å²) in [6, 6.07) is 4.99. The predicted octanol–water partition coefficient (Wildman–Crippen LogP) is 3.60. The Bertz CT molecular complexity index is 742. The summed E-state index contributed by atoms with van der Waals surface area (Å²) in [5, 5.41) is 28.8. The van der Waals surface area contributed by atoms with E-state index in [0.717, 1.165) is 44.2 Å². The number of hydrogen-bond acceptors (Lipinski definition) is 5. The van der Waals surface area contributed by atoms with Gasteiger partial charge in [-0.1, -0.05) is 64.0 Å². The molecule has 0 aromatic heterocycles. The molecule has 1 aromatic rings. The average Bonchev–Trinajstić information content (AvgIpc) is 2.59. The van der Waals surface area contributed by atoms with Crippen LogP contribution in [0.1, 0.15) is 64.7 Å². The molecule has 0 aliphatic carbocycles. The Kier molecular flexibility index (Phi) is 8.75. The smallest absolute Gasteiger partial charge is 0.326 e. The molecule has 0 bridgehead atoms. The zero-order valence-corrected chi connectivity index (χ0v) is 16.4. The van der Waals surface area contributed by atoms with Crippen LogP contribution in [0.25, 0.3) is 0 Å². The third kappa shape index (κ3) is 5.69. The van der Waals surface area contributed by atoms with E-state index in [9.17, 15) is 33.3 Å². The lowest BCUT2D eigenvalue weighted by Gasteiger charge is -2.28. The van der Waals surface area contributed by atoms with Crippen LogP contribution in [0.4, 0.5) is 0 Å². The zero-order chi connectivity index (χ0) is 20.5. The second kappa shape index (κ2) is 10.3. The third-order valence-corrected chi connectivity index (χ3v) is 7.16. The fraction of sp³-hybridized carbons (Fsp3) is 0.579. The van der Waals surface area contributed by atoms with Crippen molar-refractivity contribution in [3.8, 4) is 5.75 Å². The van der Waals surface area contributed by atoms with Crippen molar-refractivity contribution in [2.45, 2.75) is 74.4 Å². The largest absolute Gasteiger partial charge is 0.507 e. The Balaban J connectivity index is 3.10. The summed E-state index contributed by atoms with van der Waals surface area (Å²) in [6.07, 6.45) is 4.59. The van der Waals surface area contributed by atoms with Crippen molar-refractivity contribution < 1.29 is 33.3 Å². The van der Waals surface area contributed by atoms with Crippen molar-refractivity contribution in [1.82, 2.24) is 0 Å². The van der Waals surface area contributed by atoms with Crippen LogP contribution in [0, 0.1) is 0 Å². The highest BCUT2D eigenvalue weighted by molar-refractivity contribution is 7.93. The van der Waals surface area contributed by atoms with Crippen molar-refractivity contribution in [2.75, 3.05) is 0 Å². The van der Waals surface area contributed by atoms with Crippen molar-refractivity contribution >= 4 is 21.8 Å². The molecule has 1 atom stereocenters. The quantitative estimate of drug-likeness (QED) is 0.431. The van der Waals surface area contributed by atoms with Crippen molar-refractivity contribution in [2.24, 2.45) is 0 Å². The van der Waals surface area contributed by atoms with E-state index in [0.29, 0.717) is 6.42 Å². The van der Waals surface area contributed by atoms with Crippen LogP contribution in [-0.4, -0.2) is 40.4 Å². The van der Waals surface area contributed by atoms with E-state index in [4.69, 9.17) is 0 Å². The predicted molar refractivity (Wildman–Crippen MR) is 101 cm³/mol. The number of phenols is 1. The maximum absolute atomic E-state index is 13.1. The summed E-state index contributed by atoms with van der Waals surface area (Å²) < 4.78 is 23.6. The van der Waals surface area contributed by atoms with Crippen LogP contribution in [0.2, 0.25) is 0 Å². The van der Waals surface area contributed by atoms with Crippen LogP contribution < -0.4 is 0 Å². The van der Waals surface area contributed by atoms with Gasteiger partial charge in [-0.3, -0.25) is 9.59 Å². The minimum atomic E-state index is -4.62. The molecule has 0 aliphatic heterocycles. The van der Waals surface area contributed by atoms with Gasteiger partial charge in [-0.15, -0.1) is 0 Å². The monoisotopic (exact) mass is 400 g/mol. The van der Waals surface area contributed by atoms with Gasteiger partial charge in [0.1, 0.15) is 10.6 Å². The van der Waals surface area contributed by atoms with Gasteiger partial charge < -0.3 is 15.3 Å². The van der Waals surface area contributed by atoms with Crippen molar-refractivity contribution in [3.05, 3.63) is 24.3 Å². The first-order valence-electron chi connectivity index (χ1n) is 9.17. The van der Waals surface area contributed by atoms with Crippen LogP contribution in [0.3, 0.4) is 0 Å². The molecule has 1 aromatic carbocycles. The summed E-state index contributed by atoms with van der Waals surface area (Å²) in [5.41, 5.74) is 0. The Morgan fingerprint density at radius 3 is 2.04 bits per heavy atom. The van der Waals surface area contributed by atoms with Gasteiger partial charge in [-0.05, 0) is 18.6 Å². The number of benzene rings is 1. The number of phenolic OH excluding ortho intramolecular Hbond substituents is 1. The minimum absolute atomic E-state index is 0.276. The second-order valence-corrected chi connectivity index (χ2v) is 8.94. The molecule has 7 nitrogen and oxygen atoms in total. The first kappa shape index (κ1) is 23.0. The Labute approximate surface area is 160 Å². The van der Waals surface area contributed by atoms with Gasteiger partial charge in [0, 0.05) is 0 Å². The molecule has 0 amide bonds. The number of para-hydroxylation sites is 1. The number of hydrogen-bond donors (Lipinski definition) is 3. The fourth-order valence-electron chi connectivity index (χ4n) is 3.12. The molecule has 0 saturated heterocycles. The van der Waals surface area contributed by atoms with Gasteiger partial charge in [0.25, 0.3) is 0 Å². The Morgan fingerprint density at radius 2 is 1.52 bits per heavy atom.